The molecule has 3 saturated carbocycles. The van der Waals surface area contributed by atoms with Crippen LogP contribution in [0.5, 0.6) is 0 Å². The zero-order valence-corrected chi connectivity index (χ0v) is 14.2. The van der Waals surface area contributed by atoms with E-state index in [0.29, 0.717) is 0 Å². The van der Waals surface area contributed by atoms with Crippen molar-refractivity contribution in [1.82, 2.24) is 14.8 Å². The normalized spacial score (nSPS) is 29.2. The van der Waals surface area contributed by atoms with E-state index in [2.05, 4.69) is 17.1 Å². The maximum Gasteiger partial charge on any atom is 0.417 e. The monoisotopic (exact) mass is 348 g/mol. The van der Waals surface area contributed by atoms with Crippen LogP contribution in [0.3, 0.4) is 0 Å². The Morgan fingerprint density at radius 1 is 1.00 bits per heavy atom. The van der Waals surface area contributed by atoms with Gasteiger partial charge in [-0.05, 0) is 56.9 Å². The van der Waals surface area contributed by atoms with Gasteiger partial charge in [-0.15, -0.1) is 10.2 Å². The standard InChI is InChI=1S/C19H21F3N3/c1-17-7-10-18(11-8-17,12-9-17)16-24-23-15(25(16)2)13-5-3-4-6-14(13)19(20,21)22/h3-6H,1,7-12H2,2H3. The first-order valence-electron chi connectivity index (χ1n) is 8.66. The SMILES string of the molecule is [CH2]C12CCC(c3nnc(-c4ccccc4C(F)(F)F)n3C)(CC1)CC2. The molecule has 0 atom stereocenters. The number of fused-ring (bicyclic) bond motifs is 3. The first kappa shape index (κ1) is 16.6. The lowest BCUT2D eigenvalue weighted by Gasteiger charge is -2.51. The highest BCUT2D eigenvalue weighted by Crippen LogP contribution is 2.57. The van der Waals surface area contributed by atoms with Crippen molar-refractivity contribution in [2.75, 3.05) is 0 Å². The summed E-state index contributed by atoms with van der Waals surface area (Å²) in [6, 6.07) is 5.57. The second-order valence-electron chi connectivity index (χ2n) is 7.73. The van der Waals surface area contributed by atoms with Gasteiger partial charge in [0.15, 0.2) is 5.82 Å². The van der Waals surface area contributed by atoms with E-state index in [4.69, 9.17) is 0 Å². The Morgan fingerprint density at radius 3 is 2.20 bits per heavy atom. The molecule has 0 spiro atoms. The van der Waals surface area contributed by atoms with Gasteiger partial charge in [0.05, 0.1) is 5.56 Å². The Kier molecular flexibility index (Phi) is 3.54. The Morgan fingerprint density at radius 2 is 1.60 bits per heavy atom. The average Bonchev–Trinajstić information content (AvgIpc) is 2.97. The van der Waals surface area contributed by atoms with E-state index in [1.165, 1.54) is 12.1 Å². The lowest BCUT2D eigenvalue weighted by Crippen LogP contribution is -2.44. The van der Waals surface area contributed by atoms with E-state index >= 15 is 0 Å². The molecule has 0 saturated heterocycles. The largest absolute Gasteiger partial charge is 0.417 e. The molecular formula is C19H21F3N3. The van der Waals surface area contributed by atoms with Gasteiger partial charge in [-0.1, -0.05) is 18.2 Å². The fourth-order valence-corrected chi connectivity index (χ4v) is 4.55. The van der Waals surface area contributed by atoms with Crippen LogP contribution in [-0.4, -0.2) is 14.8 Å². The molecule has 2 bridgehead atoms. The van der Waals surface area contributed by atoms with E-state index < -0.39 is 11.7 Å². The van der Waals surface area contributed by atoms with Gasteiger partial charge in [-0.3, -0.25) is 0 Å². The maximum atomic E-state index is 13.4. The van der Waals surface area contributed by atoms with Crippen LogP contribution in [0.1, 0.15) is 49.9 Å². The molecule has 133 valence electrons. The molecule has 1 heterocycles. The van der Waals surface area contributed by atoms with Crippen LogP contribution in [0.4, 0.5) is 13.2 Å². The van der Waals surface area contributed by atoms with E-state index in [-0.39, 0.29) is 22.2 Å². The molecule has 5 rings (SSSR count). The molecule has 25 heavy (non-hydrogen) atoms. The predicted octanol–water partition coefficient (Wildman–Crippen LogP) is 4.93. The van der Waals surface area contributed by atoms with Crippen molar-refractivity contribution < 1.29 is 13.2 Å². The smallest absolute Gasteiger partial charge is 0.314 e. The van der Waals surface area contributed by atoms with Gasteiger partial charge in [-0.2, -0.15) is 13.2 Å². The fourth-order valence-electron chi connectivity index (χ4n) is 4.55. The summed E-state index contributed by atoms with van der Waals surface area (Å²) in [6.07, 6.45) is 1.71. The van der Waals surface area contributed by atoms with Crippen molar-refractivity contribution in [3.8, 4) is 11.4 Å². The van der Waals surface area contributed by atoms with E-state index in [1.807, 2.05) is 0 Å². The highest BCUT2D eigenvalue weighted by Gasteiger charge is 2.49. The molecular weight excluding hydrogens is 327 g/mol. The second-order valence-corrected chi connectivity index (χ2v) is 7.73. The van der Waals surface area contributed by atoms with Crippen molar-refractivity contribution in [2.24, 2.45) is 12.5 Å². The fraction of sp³-hybridized carbons (Fsp3) is 0.526. The lowest BCUT2D eigenvalue weighted by molar-refractivity contribution is -0.137. The minimum atomic E-state index is -4.41. The van der Waals surface area contributed by atoms with Gasteiger partial charge in [0.2, 0.25) is 0 Å². The van der Waals surface area contributed by atoms with Gasteiger partial charge in [0, 0.05) is 18.0 Å². The minimum absolute atomic E-state index is 0.0629. The third-order valence-electron chi connectivity index (χ3n) is 6.22. The molecule has 3 nitrogen and oxygen atoms in total. The van der Waals surface area contributed by atoms with Crippen LogP contribution in [0.15, 0.2) is 24.3 Å². The number of aromatic nitrogens is 3. The van der Waals surface area contributed by atoms with E-state index in [0.717, 1.165) is 50.4 Å². The first-order chi connectivity index (χ1) is 11.7. The van der Waals surface area contributed by atoms with Crippen LogP contribution >= 0.6 is 0 Å². The lowest BCUT2D eigenvalue weighted by atomic mass is 9.54. The highest BCUT2D eigenvalue weighted by molar-refractivity contribution is 5.61. The molecule has 0 N–H and O–H groups in total. The molecule has 0 amide bonds. The number of hydrogen-bond acceptors (Lipinski definition) is 2. The summed E-state index contributed by atoms with van der Waals surface area (Å²) in [4.78, 5) is 0. The number of hydrogen-bond donors (Lipinski definition) is 0. The van der Waals surface area contributed by atoms with Crippen molar-refractivity contribution >= 4 is 0 Å². The molecule has 3 aliphatic carbocycles. The van der Waals surface area contributed by atoms with Crippen LogP contribution < -0.4 is 0 Å². The van der Waals surface area contributed by atoms with Gasteiger partial charge in [0.1, 0.15) is 5.82 Å². The predicted molar refractivity (Wildman–Crippen MR) is 88.6 cm³/mol. The summed E-state index contributed by atoms with van der Waals surface area (Å²) in [5.74, 6) is 1.11. The van der Waals surface area contributed by atoms with Crippen LogP contribution in [-0.2, 0) is 18.6 Å². The molecule has 3 aliphatic rings. The summed E-state index contributed by atoms with van der Waals surface area (Å²) >= 11 is 0. The summed E-state index contributed by atoms with van der Waals surface area (Å²) in [5, 5.41) is 8.51. The molecule has 1 aromatic heterocycles. The number of nitrogens with zero attached hydrogens (tertiary/aromatic N) is 3. The number of alkyl halides is 3. The van der Waals surface area contributed by atoms with Crippen molar-refractivity contribution in [2.45, 2.75) is 50.1 Å². The second kappa shape index (κ2) is 5.32. The average molecular weight is 348 g/mol. The molecule has 0 aliphatic heterocycles. The quantitative estimate of drug-likeness (QED) is 0.771. The highest BCUT2D eigenvalue weighted by atomic mass is 19.4. The number of rotatable bonds is 2. The van der Waals surface area contributed by atoms with Crippen LogP contribution in [0, 0.1) is 12.3 Å². The number of benzene rings is 1. The molecule has 1 aromatic carbocycles. The summed E-state index contributed by atoms with van der Waals surface area (Å²) in [6.45, 7) is 4.36. The Balaban J connectivity index is 1.77. The van der Waals surface area contributed by atoms with Crippen LogP contribution in [0.2, 0.25) is 0 Å². The summed E-state index contributed by atoms with van der Waals surface area (Å²) in [7, 11) is 1.78. The number of halogens is 3. The Hall–Kier alpha value is -1.85. The van der Waals surface area contributed by atoms with Gasteiger partial charge in [0.25, 0.3) is 0 Å². The van der Waals surface area contributed by atoms with Crippen molar-refractivity contribution in [3.05, 3.63) is 42.6 Å². The molecule has 1 radical (unpaired) electrons. The van der Waals surface area contributed by atoms with E-state index in [1.54, 1.807) is 17.7 Å². The summed E-state index contributed by atoms with van der Waals surface area (Å²) < 4.78 is 41.8. The van der Waals surface area contributed by atoms with Crippen molar-refractivity contribution in [1.29, 1.82) is 0 Å². The van der Waals surface area contributed by atoms with E-state index in [9.17, 15) is 13.2 Å². The molecule has 0 unspecified atom stereocenters. The third-order valence-corrected chi connectivity index (χ3v) is 6.22. The van der Waals surface area contributed by atoms with Crippen molar-refractivity contribution in [3.63, 3.8) is 0 Å². The minimum Gasteiger partial charge on any atom is -0.314 e. The topological polar surface area (TPSA) is 30.7 Å². The Labute approximate surface area is 145 Å². The molecule has 3 fully saturated rings. The van der Waals surface area contributed by atoms with Gasteiger partial charge >= 0.3 is 6.18 Å². The van der Waals surface area contributed by atoms with Gasteiger partial charge in [-0.25, -0.2) is 0 Å². The van der Waals surface area contributed by atoms with Crippen LogP contribution in [0.25, 0.3) is 11.4 Å². The molecule has 2 aromatic rings. The first-order valence-corrected chi connectivity index (χ1v) is 8.66. The molecule has 6 heteroatoms. The Bertz CT molecular complexity index is 782. The third kappa shape index (κ3) is 2.57. The maximum absolute atomic E-state index is 13.4. The zero-order valence-electron chi connectivity index (χ0n) is 14.2. The van der Waals surface area contributed by atoms with Gasteiger partial charge < -0.3 is 4.57 Å². The summed E-state index contributed by atoms with van der Waals surface area (Å²) in [5.41, 5.74) is -0.456. The zero-order chi connectivity index (χ0) is 17.9.